The highest BCUT2D eigenvalue weighted by Gasteiger charge is 2.49. The molecule has 0 radical (unpaired) electrons. The number of aromatic nitrogens is 1. The predicted molar refractivity (Wildman–Crippen MR) is 97.8 cm³/mol. The average Bonchev–Trinajstić information content (AvgIpc) is 2.83. The van der Waals surface area contributed by atoms with Gasteiger partial charge in [0.1, 0.15) is 5.75 Å². The highest BCUT2D eigenvalue weighted by Crippen LogP contribution is 2.51. The number of benzene rings is 1. The van der Waals surface area contributed by atoms with Crippen LogP contribution in [0, 0.1) is 11.8 Å². The Morgan fingerprint density at radius 1 is 1.25 bits per heavy atom. The molecule has 0 N–H and O–H groups in total. The van der Waals surface area contributed by atoms with Crippen molar-refractivity contribution >= 4 is 10.9 Å². The minimum Gasteiger partial charge on any atom is -0.497 e. The summed E-state index contributed by atoms with van der Waals surface area (Å²) in [6, 6.07) is 7.38. The number of nitrogens with zero attached hydrogens (tertiary/aromatic N) is 2. The van der Waals surface area contributed by atoms with Crippen LogP contribution < -0.4 is 4.74 Å². The van der Waals surface area contributed by atoms with Crippen LogP contribution in [0.2, 0.25) is 0 Å². The molecule has 2 aromatic rings. The Balaban J connectivity index is 1.71. The molecule has 4 heterocycles. The number of ether oxygens (including phenoxy) is 1. The zero-order valence-corrected chi connectivity index (χ0v) is 15.1. The minimum absolute atomic E-state index is 0.725. The van der Waals surface area contributed by atoms with Crippen molar-refractivity contribution in [2.45, 2.75) is 44.6 Å². The molecular formula is C21H28N2O. The molecule has 128 valence electrons. The van der Waals surface area contributed by atoms with E-state index in [0.717, 1.165) is 29.5 Å². The van der Waals surface area contributed by atoms with Crippen LogP contribution in [0.15, 0.2) is 18.2 Å². The molecule has 3 heteroatoms. The third-order valence-electron chi connectivity index (χ3n) is 7.12. The molecule has 1 unspecified atom stereocenters. The van der Waals surface area contributed by atoms with Crippen LogP contribution in [0.5, 0.6) is 5.75 Å². The zero-order chi connectivity index (χ0) is 16.4. The first-order valence-corrected chi connectivity index (χ1v) is 9.60. The molecule has 5 atom stereocenters. The van der Waals surface area contributed by atoms with Gasteiger partial charge in [0.05, 0.1) is 7.11 Å². The molecule has 3 aliphatic heterocycles. The van der Waals surface area contributed by atoms with Crippen molar-refractivity contribution in [3.63, 3.8) is 0 Å². The highest BCUT2D eigenvalue weighted by atomic mass is 16.5. The predicted octanol–water partition coefficient (Wildman–Crippen LogP) is 3.95. The van der Waals surface area contributed by atoms with Crippen LogP contribution in [0.1, 0.15) is 43.4 Å². The number of fused-ring (bicyclic) bond motifs is 4. The third-order valence-corrected chi connectivity index (χ3v) is 7.12. The number of piperidine rings is 2. The van der Waals surface area contributed by atoms with Crippen molar-refractivity contribution in [3.05, 3.63) is 29.5 Å². The molecular weight excluding hydrogens is 296 g/mol. The average molecular weight is 324 g/mol. The van der Waals surface area contributed by atoms with Gasteiger partial charge in [-0.2, -0.15) is 0 Å². The van der Waals surface area contributed by atoms with E-state index in [9.17, 15) is 0 Å². The Labute approximate surface area is 144 Å². The van der Waals surface area contributed by atoms with E-state index >= 15 is 0 Å². The quantitative estimate of drug-likeness (QED) is 0.832. The van der Waals surface area contributed by atoms with Crippen molar-refractivity contribution in [1.29, 1.82) is 0 Å². The molecule has 2 saturated heterocycles. The lowest BCUT2D eigenvalue weighted by atomic mass is 9.65. The van der Waals surface area contributed by atoms with Crippen LogP contribution in [0.4, 0.5) is 0 Å². The van der Waals surface area contributed by atoms with Gasteiger partial charge in [-0.25, -0.2) is 0 Å². The third kappa shape index (κ3) is 1.88. The van der Waals surface area contributed by atoms with E-state index in [1.807, 2.05) is 0 Å². The summed E-state index contributed by atoms with van der Waals surface area (Å²) in [5, 5.41) is 1.42. The Morgan fingerprint density at radius 3 is 2.92 bits per heavy atom. The molecule has 3 fully saturated rings. The number of hydrogen-bond donors (Lipinski definition) is 0. The first kappa shape index (κ1) is 14.8. The maximum Gasteiger partial charge on any atom is 0.119 e. The van der Waals surface area contributed by atoms with Crippen LogP contribution in [-0.4, -0.2) is 35.7 Å². The van der Waals surface area contributed by atoms with Crippen molar-refractivity contribution in [2.24, 2.45) is 18.9 Å². The fraction of sp³-hybridized carbons (Fsp3) is 0.619. The van der Waals surface area contributed by atoms with E-state index in [2.05, 4.69) is 41.6 Å². The topological polar surface area (TPSA) is 17.4 Å². The molecule has 1 aromatic heterocycles. The van der Waals surface area contributed by atoms with Gasteiger partial charge in [-0.15, -0.1) is 0 Å². The number of aryl methyl sites for hydroxylation is 1. The van der Waals surface area contributed by atoms with E-state index in [0.29, 0.717) is 0 Å². The Morgan fingerprint density at radius 2 is 2.12 bits per heavy atom. The van der Waals surface area contributed by atoms with E-state index in [1.165, 1.54) is 49.7 Å². The first-order chi connectivity index (χ1) is 11.7. The second-order valence-electron chi connectivity index (χ2n) is 8.15. The van der Waals surface area contributed by atoms with Gasteiger partial charge >= 0.3 is 0 Å². The molecule has 1 aromatic carbocycles. The number of rotatable bonds is 2. The fourth-order valence-corrected chi connectivity index (χ4v) is 6.21. The summed E-state index contributed by atoms with van der Waals surface area (Å²) in [7, 11) is 4.05. The maximum atomic E-state index is 5.50. The summed E-state index contributed by atoms with van der Waals surface area (Å²) >= 11 is 0. The van der Waals surface area contributed by atoms with Crippen molar-refractivity contribution < 1.29 is 4.74 Å². The Kier molecular flexibility index (Phi) is 3.25. The molecule has 4 aliphatic rings. The van der Waals surface area contributed by atoms with Gasteiger partial charge in [0.2, 0.25) is 0 Å². The smallest absolute Gasteiger partial charge is 0.119 e. The molecule has 0 amide bonds. The number of hydrogen-bond acceptors (Lipinski definition) is 2. The van der Waals surface area contributed by atoms with E-state index in [1.54, 1.807) is 18.4 Å². The van der Waals surface area contributed by atoms with Gasteiger partial charge < -0.3 is 9.30 Å². The molecule has 1 saturated carbocycles. The van der Waals surface area contributed by atoms with Crippen LogP contribution >= 0.6 is 0 Å². The van der Waals surface area contributed by atoms with E-state index in [4.69, 9.17) is 4.74 Å². The lowest BCUT2D eigenvalue weighted by Crippen LogP contribution is -2.56. The van der Waals surface area contributed by atoms with Gasteiger partial charge in [0.25, 0.3) is 0 Å². The molecule has 6 rings (SSSR count). The van der Waals surface area contributed by atoms with Gasteiger partial charge in [-0.1, -0.05) is 13.3 Å². The normalized spacial score (nSPS) is 34.2. The van der Waals surface area contributed by atoms with Gasteiger partial charge in [-0.3, -0.25) is 4.90 Å². The summed E-state index contributed by atoms with van der Waals surface area (Å²) in [4.78, 5) is 2.84. The van der Waals surface area contributed by atoms with E-state index < -0.39 is 0 Å². The first-order valence-electron chi connectivity index (χ1n) is 9.60. The summed E-state index contributed by atoms with van der Waals surface area (Å²) in [6.07, 6.45) is 5.38. The fourth-order valence-electron chi connectivity index (χ4n) is 6.21. The van der Waals surface area contributed by atoms with Gasteiger partial charge in [0, 0.05) is 48.7 Å². The largest absolute Gasteiger partial charge is 0.497 e. The van der Waals surface area contributed by atoms with Crippen molar-refractivity contribution in [2.75, 3.05) is 20.2 Å². The summed E-state index contributed by atoms with van der Waals surface area (Å²) in [6.45, 7) is 4.97. The highest BCUT2D eigenvalue weighted by molar-refractivity contribution is 5.87. The van der Waals surface area contributed by atoms with Crippen molar-refractivity contribution in [3.8, 4) is 5.75 Å². The Hall–Kier alpha value is -1.48. The molecule has 3 nitrogen and oxygen atoms in total. The molecule has 4 bridgehead atoms. The van der Waals surface area contributed by atoms with Crippen LogP contribution in [0.3, 0.4) is 0 Å². The lowest BCUT2D eigenvalue weighted by Gasteiger charge is -2.53. The zero-order valence-electron chi connectivity index (χ0n) is 15.1. The summed E-state index contributed by atoms with van der Waals surface area (Å²) < 4.78 is 8.01. The summed E-state index contributed by atoms with van der Waals surface area (Å²) in [5.41, 5.74) is 4.61. The Bertz CT molecular complexity index is 793. The van der Waals surface area contributed by atoms with Gasteiger partial charge in [0.15, 0.2) is 0 Å². The second-order valence-corrected chi connectivity index (χ2v) is 8.15. The maximum absolute atomic E-state index is 5.50. The van der Waals surface area contributed by atoms with Crippen LogP contribution in [0.25, 0.3) is 10.9 Å². The van der Waals surface area contributed by atoms with Crippen LogP contribution in [-0.2, 0) is 13.5 Å². The standard InChI is InChI=1S/C21H28N2O/c1-4-14-9-13-10-18-20(14)23(12-13)8-7-16-17-11-15(24-3)5-6-19(17)22(2)21(16)18/h5-6,11,13-14,18,20H,4,7-10,12H2,1-3H3/t13-,14-,18-,20+/m0/s1. The monoisotopic (exact) mass is 324 g/mol. The van der Waals surface area contributed by atoms with E-state index in [-0.39, 0.29) is 0 Å². The summed E-state index contributed by atoms with van der Waals surface area (Å²) in [5.74, 6) is 3.50. The SMILES string of the molecule is CC[C@H]1C[C@H]2C[C@@H]3c4c(c5cc(OC)ccc5n4C)CCN(C2)[C@H]13. The van der Waals surface area contributed by atoms with Gasteiger partial charge in [-0.05, 0) is 54.9 Å². The second kappa shape index (κ2) is 5.26. The minimum atomic E-state index is 0.725. The number of methoxy groups -OCH3 is 1. The molecule has 1 aliphatic carbocycles. The van der Waals surface area contributed by atoms with Crippen molar-refractivity contribution in [1.82, 2.24) is 9.47 Å². The molecule has 24 heavy (non-hydrogen) atoms. The molecule has 0 spiro atoms. The lowest BCUT2D eigenvalue weighted by molar-refractivity contribution is -0.0140.